The second-order valence-electron chi connectivity index (χ2n) is 5.72. The summed E-state index contributed by atoms with van der Waals surface area (Å²) in [6.07, 6.45) is -0.824. The smallest absolute Gasteiger partial charge is 0.315 e. The van der Waals surface area contributed by atoms with Crippen LogP contribution in [0.1, 0.15) is 32.4 Å². The molecule has 1 aromatic carbocycles. The van der Waals surface area contributed by atoms with Gasteiger partial charge in [0.05, 0.1) is 20.3 Å². The van der Waals surface area contributed by atoms with Gasteiger partial charge in [0.2, 0.25) is 0 Å². The molecule has 0 unspecified atom stereocenters. The van der Waals surface area contributed by atoms with Gasteiger partial charge >= 0.3 is 6.03 Å². The first kappa shape index (κ1) is 17.1. The molecule has 1 aromatic rings. The van der Waals surface area contributed by atoms with E-state index in [1.54, 1.807) is 25.3 Å². The number of urea groups is 1. The van der Waals surface area contributed by atoms with Gasteiger partial charge in [-0.2, -0.15) is 0 Å². The van der Waals surface area contributed by atoms with E-state index in [2.05, 4.69) is 10.6 Å². The number of hydrogen-bond acceptors (Lipinski definition) is 4. The molecular weight excluding hydrogens is 272 g/mol. The van der Waals surface area contributed by atoms with Gasteiger partial charge in [0, 0.05) is 12.1 Å². The Morgan fingerprint density at radius 1 is 1.24 bits per heavy atom. The quantitative estimate of drug-likeness (QED) is 0.774. The highest BCUT2D eigenvalue weighted by atomic mass is 16.5. The maximum Gasteiger partial charge on any atom is 0.315 e. The van der Waals surface area contributed by atoms with E-state index in [1.807, 2.05) is 20.8 Å². The second-order valence-corrected chi connectivity index (χ2v) is 5.72. The number of rotatable bonds is 5. The van der Waals surface area contributed by atoms with Crippen LogP contribution < -0.4 is 20.1 Å². The molecule has 0 saturated carbocycles. The summed E-state index contributed by atoms with van der Waals surface area (Å²) < 4.78 is 10.3. The van der Waals surface area contributed by atoms with E-state index in [0.29, 0.717) is 17.1 Å². The van der Waals surface area contributed by atoms with Crippen LogP contribution in [0.15, 0.2) is 18.2 Å². The third kappa shape index (κ3) is 5.51. The number of aliphatic hydroxyl groups is 1. The lowest BCUT2D eigenvalue weighted by Gasteiger charge is -2.21. The minimum Gasteiger partial charge on any atom is -0.493 e. The van der Waals surface area contributed by atoms with Crippen molar-refractivity contribution in [2.45, 2.75) is 32.4 Å². The van der Waals surface area contributed by atoms with Gasteiger partial charge in [-0.25, -0.2) is 4.79 Å². The molecule has 6 nitrogen and oxygen atoms in total. The van der Waals surface area contributed by atoms with Crippen LogP contribution in [0, 0.1) is 0 Å². The van der Waals surface area contributed by atoms with Crippen molar-refractivity contribution in [3.05, 3.63) is 23.8 Å². The Balaban J connectivity index is 2.63. The second kappa shape index (κ2) is 7.17. The Morgan fingerprint density at radius 3 is 2.38 bits per heavy atom. The number of amides is 2. The fourth-order valence-corrected chi connectivity index (χ4v) is 1.75. The van der Waals surface area contributed by atoms with Crippen molar-refractivity contribution in [3.63, 3.8) is 0 Å². The largest absolute Gasteiger partial charge is 0.493 e. The first-order valence-electron chi connectivity index (χ1n) is 6.73. The van der Waals surface area contributed by atoms with Gasteiger partial charge < -0.3 is 25.2 Å². The van der Waals surface area contributed by atoms with Crippen molar-refractivity contribution in [2.24, 2.45) is 0 Å². The van der Waals surface area contributed by atoms with Gasteiger partial charge in [0.1, 0.15) is 0 Å². The van der Waals surface area contributed by atoms with Crippen molar-refractivity contribution >= 4 is 6.03 Å². The van der Waals surface area contributed by atoms with Crippen LogP contribution >= 0.6 is 0 Å². The molecule has 0 spiro atoms. The third-order valence-electron chi connectivity index (χ3n) is 2.74. The molecule has 2 amide bonds. The van der Waals surface area contributed by atoms with Gasteiger partial charge in [-0.1, -0.05) is 6.07 Å². The zero-order valence-electron chi connectivity index (χ0n) is 13.2. The number of benzene rings is 1. The lowest BCUT2D eigenvalue weighted by Crippen LogP contribution is -2.47. The Morgan fingerprint density at radius 2 is 1.86 bits per heavy atom. The van der Waals surface area contributed by atoms with Gasteiger partial charge in [-0.15, -0.1) is 0 Å². The van der Waals surface area contributed by atoms with Crippen molar-refractivity contribution in [3.8, 4) is 11.5 Å². The number of carbonyl (C=O) groups is 1. The van der Waals surface area contributed by atoms with Crippen molar-refractivity contribution in [2.75, 3.05) is 20.8 Å². The third-order valence-corrected chi connectivity index (χ3v) is 2.74. The summed E-state index contributed by atoms with van der Waals surface area (Å²) in [5.74, 6) is 1.13. The Hall–Kier alpha value is -1.95. The first-order valence-corrected chi connectivity index (χ1v) is 6.73. The number of carbonyl (C=O) groups excluding carboxylic acids is 1. The summed E-state index contributed by atoms with van der Waals surface area (Å²) in [7, 11) is 3.08. The van der Waals surface area contributed by atoms with Crippen LogP contribution in [0.5, 0.6) is 11.5 Å². The highest BCUT2D eigenvalue weighted by Crippen LogP contribution is 2.29. The van der Waals surface area contributed by atoms with E-state index in [4.69, 9.17) is 9.47 Å². The van der Waals surface area contributed by atoms with Crippen LogP contribution in [-0.4, -0.2) is 37.4 Å². The summed E-state index contributed by atoms with van der Waals surface area (Å²) in [4.78, 5) is 11.6. The summed E-state index contributed by atoms with van der Waals surface area (Å²) in [5, 5.41) is 15.5. The molecule has 0 aromatic heterocycles. The maximum absolute atomic E-state index is 11.6. The average Bonchev–Trinajstić information content (AvgIpc) is 2.42. The molecule has 0 aliphatic heterocycles. The molecule has 0 radical (unpaired) electrons. The highest BCUT2D eigenvalue weighted by Gasteiger charge is 2.16. The summed E-state index contributed by atoms with van der Waals surface area (Å²) in [6, 6.07) is 4.82. The van der Waals surface area contributed by atoms with E-state index in [9.17, 15) is 9.90 Å². The Labute approximate surface area is 125 Å². The lowest BCUT2D eigenvalue weighted by molar-refractivity contribution is 0.171. The van der Waals surface area contributed by atoms with Crippen LogP contribution in [0.25, 0.3) is 0 Å². The van der Waals surface area contributed by atoms with Crippen LogP contribution in [0.4, 0.5) is 4.79 Å². The molecule has 118 valence electrons. The Kier molecular flexibility index (Phi) is 5.84. The molecule has 0 heterocycles. The molecule has 3 N–H and O–H groups in total. The first-order chi connectivity index (χ1) is 9.76. The normalized spacial score (nSPS) is 12.5. The van der Waals surface area contributed by atoms with Gasteiger partial charge in [-0.05, 0) is 38.5 Å². The number of ether oxygens (including phenoxy) is 2. The monoisotopic (exact) mass is 296 g/mol. The van der Waals surface area contributed by atoms with Gasteiger partial charge in [0.15, 0.2) is 11.5 Å². The molecule has 6 heteroatoms. The predicted octanol–water partition coefficient (Wildman–Crippen LogP) is 1.83. The van der Waals surface area contributed by atoms with Crippen molar-refractivity contribution in [1.82, 2.24) is 10.6 Å². The molecule has 0 aliphatic rings. The number of nitrogens with one attached hydrogen (secondary N) is 2. The van der Waals surface area contributed by atoms with E-state index in [-0.39, 0.29) is 18.1 Å². The molecule has 0 fully saturated rings. The minimum absolute atomic E-state index is 0.109. The molecule has 0 bridgehead atoms. The fraction of sp³-hybridized carbons (Fsp3) is 0.533. The van der Waals surface area contributed by atoms with Gasteiger partial charge in [-0.3, -0.25) is 0 Å². The highest BCUT2D eigenvalue weighted by molar-refractivity contribution is 5.74. The minimum atomic E-state index is -0.824. The fourth-order valence-electron chi connectivity index (χ4n) is 1.75. The van der Waals surface area contributed by atoms with E-state index < -0.39 is 6.10 Å². The predicted molar refractivity (Wildman–Crippen MR) is 80.8 cm³/mol. The molecule has 1 rings (SSSR count). The Bertz CT molecular complexity index is 483. The summed E-state index contributed by atoms with van der Waals surface area (Å²) in [6.45, 7) is 5.77. The molecule has 1 atom stereocenters. The molecular formula is C15H24N2O4. The summed E-state index contributed by atoms with van der Waals surface area (Å²) >= 11 is 0. The van der Waals surface area contributed by atoms with E-state index in [1.165, 1.54) is 7.11 Å². The summed E-state index contributed by atoms with van der Waals surface area (Å²) in [5.41, 5.74) is 0.321. The maximum atomic E-state index is 11.6. The lowest BCUT2D eigenvalue weighted by atomic mass is 10.1. The molecule has 0 saturated heterocycles. The van der Waals surface area contributed by atoms with Crippen molar-refractivity contribution < 1.29 is 19.4 Å². The van der Waals surface area contributed by atoms with E-state index >= 15 is 0 Å². The van der Waals surface area contributed by atoms with E-state index in [0.717, 1.165) is 0 Å². The van der Waals surface area contributed by atoms with Crippen LogP contribution in [0.2, 0.25) is 0 Å². The topological polar surface area (TPSA) is 79.8 Å². The van der Waals surface area contributed by atoms with Gasteiger partial charge in [0.25, 0.3) is 0 Å². The van der Waals surface area contributed by atoms with Crippen molar-refractivity contribution in [1.29, 1.82) is 0 Å². The zero-order chi connectivity index (χ0) is 16.0. The van der Waals surface area contributed by atoms with Crippen LogP contribution in [0.3, 0.4) is 0 Å². The average molecular weight is 296 g/mol. The van der Waals surface area contributed by atoms with Crippen LogP contribution in [-0.2, 0) is 0 Å². The molecule has 21 heavy (non-hydrogen) atoms. The SMILES string of the molecule is COc1ccc([C@H](O)CNC(=O)NC(C)(C)C)cc1OC. The molecule has 0 aliphatic carbocycles. The number of hydrogen-bond donors (Lipinski definition) is 3. The standard InChI is InChI=1S/C15H24N2O4/c1-15(2,3)17-14(19)16-9-11(18)10-6-7-12(20-4)13(8-10)21-5/h6-8,11,18H,9H2,1-5H3,(H2,16,17,19)/t11-/m1/s1. The number of aliphatic hydroxyl groups excluding tert-OH is 1. The number of methoxy groups -OCH3 is 2. The zero-order valence-corrected chi connectivity index (χ0v) is 13.2.